The number of ether oxygens (including phenoxy) is 2. The number of carbonyl (C=O) groups is 1. The first kappa shape index (κ1) is 24.7. The van der Waals surface area contributed by atoms with E-state index >= 15 is 0 Å². The third kappa shape index (κ3) is 4.72. The van der Waals surface area contributed by atoms with Crippen molar-refractivity contribution in [2.75, 3.05) is 16.8 Å². The molecule has 2 aromatic carbocycles. The fraction of sp³-hybridized carbons (Fsp3) is 0.536. The molecular weight excluding hydrogens is 460 g/mol. The number of phenols is 3. The minimum absolute atomic E-state index is 0.0496. The van der Waals surface area contributed by atoms with Gasteiger partial charge in [-0.25, -0.2) is 0 Å². The van der Waals surface area contributed by atoms with E-state index in [1.807, 2.05) is 0 Å². The van der Waals surface area contributed by atoms with Crippen LogP contribution in [0.3, 0.4) is 0 Å². The molecule has 1 amide bonds. The molecule has 0 radical (unpaired) electrons. The van der Waals surface area contributed by atoms with Crippen molar-refractivity contribution in [3.05, 3.63) is 35.9 Å². The summed E-state index contributed by atoms with van der Waals surface area (Å²) in [5.41, 5.74) is 0.811. The number of nitrogens with one attached hydrogen (secondary N) is 1. The molecule has 5 rings (SSSR count). The normalized spacial score (nSPS) is 26.4. The van der Waals surface area contributed by atoms with Crippen LogP contribution in [0.5, 0.6) is 17.2 Å². The molecule has 8 heteroatoms. The molecule has 194 valence electrons. The van der Waals surface area contributed by atoms with Crippen LogP contribution in [0.2, 0.25) is 0 Å². The number of aromatic hydroxyl groups is 3. The van der Waals surface area contributed by atoms with E-state index in [4.69, 9.17) is 9.47 Å². The van der Waals surface area contributed by atoms with E-state index in [1.54, 1.807) is 12.1 Å². The number of para-hydroxylation sites is 1. The number of hydrogen-bond donors (Lipinski definition) is 4. The number of phenolic OH excluding ortho intramolecular Hbond substituents is 3. The zero-order chi connectivity index (χ0) is 25.8. The molecule has 0 spiro atoms. The summed E-state index contributed by atoms with van der Waals surface area (Å²) in [5.74, 6) is -0.193. The first-order valence-corrected chi connectivity index (χ1v) is 12.8. The molecule has 0 bridgehead atoms. The number of carbonyl (C=O) groups excluding carboxylic acids is 1. The molecule has 2 fully saturated rings. The van der Waals surface area contributed by atoms with E-state index in [0.29, 0.717) is 17.7 Å². The van der Waals surface area contributed by atoms with Gasteiger partial charge in [0.15, 0.2) is 0 Å². The Bertz CT molecular complexity index is 1180. The minimum Gasteiger partial charge on any atom is -0.508 e. The van der Waals surface area contributed by atoms with Gasteiger partial charge in [-0.1, -0.05) is 25.8 Å². The summed E-state index contributed by atoms with van der Waals surface area (Å²) >= 11 is 0. The van der Waals surface area contributed by atoms with Crippen molar-refractivity contribution in [3.8, 4) is 17.2 Å². The monoisotopic (exact) mass is 496 g/mol. The van der Waals surface area contributed by atoms with E-state index in [2.05, 4.69) is 33.0 Å². The first-order valence-electron chi connectivity index (χ1n) is 12.8. The lowest BCUT2D eigenvalue weighted by Gasteiger charge is -2.23. The number of amides is 1. The van der Waals surface area contributed by atoms with Crippen LogP contribution in [0.25, 0.3) is 0 Å². The maximum absolute atomic E-state index is 13.6. The van der Waals surface area contributed by atoms with Gasteiger partial charge in [0.1, 0.15) is 29.0 Å². The quantitative estimate of drug-likeness (QED) is 0.208. The second kappa shape index (κ2) is 8.85. The molecule has 4 N–H and O–H groups in total. The van der Waals surface area contributed by atoms with Crippen LogP contribution in [0.4, 0.5) is 17.1 Å². The smallest absolute Gasteiger partial charge is 0.260 e. The molecule has 2 aromatic rings. The van der Waals surface area contributed by atoms with E-state index in [1.165, 1.54) is 23.1 Å². The summed E-state index contributed by atoms with van der Waals surface area (Å²) in [6, 6.07) is 7.35. The molecule has 0 aromatic heterocycles. The van der Waals surface area contributed by atoms with Crippen LogP contribution in [0, 0.1) is 5.92 Å². The maximum atomic E-state index is 13.6. The summed E-state index contributed by atoms with van der Waals surface area (Å²) in [6.45, 7) is 8.91. The average molecular weight is 497 g/mol. The molecule has 4 atom stereocenters. The number of anilines is 3. The zero-order valence-corrected chi connectivity index (χ0v) is 21.4. The van der Waals surface area contributed by atoms with Crippen molar-refractivity contribution in [1.29, 1.82) is 0 Å². The lowest BCUT2D eigenvalue weighted by molar-refractivity contribution is 0.0986. The summed E-state index contributed by atoms with van der Waals surface area (Å²) in [4.78, 5) is 15.1. The third-order valence-corrected chi connectivity index (χ3v) is 7.98. The number of rotatable bonds is 9. The molecular formula is C28H36N2O6. The van der Waals surface area contributed by atoms with E-state index in [-0.39, 0.29) is 63.9 Å². The van der Waals surface area contributed by atoms with Crippen molar-refractivity contribution in [1.82, 2.24) is 0 Å². The SMILES string of the molecule is CC(CCCC1(C)OC1CN1C(=O)c2cccc(O)c2Nc2c(O)cc(O)cc21)CCC1OC1(C)C. The Balaban J connectivity index is 1.25. The Morgan fingerprint density at radius 1 is 1.03 bits per heavy atom. The fourth-order valence-corrected chi connectivity index (χ4v) is 5.38. The first-order chi connectivity index (χ1) is 17.0. The van der Waals surface area contributed by atoms with Gasteiger partial charge in [-0.2, -0.15) is 0 Å². The van der Waals surface area contributed by atoms with Crippen molar-refractivity contribution in [3.63, 3.8) is 0 Å². The summed E-state index contributed by atoms with van der Waals surface area (Å²) in [5, 5.41) is 34.1. The molecule has 3 heterocycles. The van der Waals surface area contributed by atoms with Crippen molar-refractivity contribution in [2.45, 2.75) is 83.2 Å². The molecule has 4 unspecified atom stereocenters. The third-order valence-electron chi connectivity index (χ3n) is 7.98. The molecule has 8 nitrogen and oxygen atoms in total. The van der Waals surface area contributed by atoms with Gasteiger partial charge < -0.3 is 35.0 Å². The zero-order valence-electron chi connectivity index (χ0n) is 21.4. The minimum atomic E-state index is -0.339. The summed E-state index contributed by atoms with van der Waals surface area (Å²) < 4.78 is 11.8. The summed E-state index contributed by atoms with van der Waals surface area (Å²) in [7, 11) is 0. The van der Waals surface area contributed by atoms with Crippen molar-refractivity contribution >= 4 is 23.0 Å². The van der Waals surface area contributed by atoms with Gasteiger partial charge in [0.05, 0.1) is 40.8 Å². The van der Waals surface area contributed by atoms with Crippen molar-refractivity contribution in [2.24, 2.45) is 5.92 Å². The molecule has 0 aliphatic carbocycles. The van der Waals surface area contributed by atoms with Crippen LogP contribution in [-0.4, -0.2) is 51.2 Å². The lowest BCUT2D eigenvalue weighted by Crippen LogP contribution is -2.35. The number of fused-ring (bicyclic) bond motifs is 2. The van der Waals surface area contributed by atoms with E-state index in [0.717, 1.165) is 32.1 Å². The second-order valence-electron chi connectivity index (χ2n) is 11.3. The standard InChI is InChI=1S/C28H36N2O6/c1-16(10-11-22-27(2,3)35-22)7-6-12-28(4)23(36-28)15-30-19-13-17(31)14-21(33)25(19)29-24-18(26(30)34)8-5-9-20(24)32/h5,8-9,13-14,16,22-23,29,31-33H,6-7,10-12,15H2,1-4H3. The fourth-order valence-electron chi connectivity index (χ4n) is 5.38. The predicted octanol–water partition coefficient (Wildman–Crippen LogP) is 5.43. The van der Waals surface area contributed by atoms with Crippen LogP contribution >= 0.6 is 0 Å². The maximum Gasteiger partial charge on any atom is 0.260 e. The van der Waals surface area contributed by atoms with Gasteiger partial charge in [-0.3, -0.25) is 4.79 Å². The average Bonchev–Trinajstić information content (AvgIpc) is 3.66. The van der Waals surface area contributed by atoms with Gasteiger partial charge in [-0.05, 0) is 58.1 Å². The molecule has 2 saturated heterocycles. The van der Waals surface area contributed by atoms with Gasteiger partial charge in [0.2, 0.25) is 0 Å². The van der Waals surface area contributed by atoms with Crippen LogP contribution < -0.4 is 10.2 Å². The number of nitrogens with zero attached hydrogens (tertiary/aromatic N) is 1. The Hall–Kier alpha value is -2.97. The highest BCUT2D eigenvalue weighted by molar-refractivity contribution is 6.15. The highest BCUT2D eigenvalue weighted by atomic mass is 16.6. The van der Waals surface area contributed by atoms with Crippen LogP contribution in [0.15, 0.2) is 30.3 Å². The van der Waals surface area contributed by atoms with E-state index in [9.17, 15) is 20.1 Å². The highest BCUT2D eigenvalue weighted by Crippen LogP contribution is 2.48. The van der Waals surface area contributed by atoms with Gasteiger partial charge in [0.25, 0.3) is 5.91 Å². The Labute approximate surface area is 211 Å². The topological polar surface area (TPSA) is 118 Å². The van der Waals surface area contributed by atoms with Gasteiger partial charge in [-0.15, -0.1) is 0 Å². The number of hydrogen-bond acceptors (Lipinski definition) is 7. The summed E-state index contributed by atoms with van der Waals surface area (Å²) in [6.07, 6.45) is 5.52. The Morgan fingerprint density at radius 3 is 2.50 bits per heavy atom. The van der Waals surface area contributed by atoms with Gasteiger partial charge >= 0.3 is 0 Å². The molecule has 3 aliphatic heterocycles. The van der Waals surface area contributed by atoms with Gasteiger partial charge in [0, 0.05) is 12.1 Å². The van der Waals surface area contributed by atoms with E-state index < -0.39 is 0 Å². The van der Waals surface area contributed by atoms with Crippen molar-refractivity contribution < 1.29 is 29.6 Å². The molecule has 3 aliphatic rings. The van der Waals surface area contributed by atoms with Crippen LogP contribution in [0.1, 0.15) is 70.2 Å². The van der Waals surface area contributed by atoms with Crippen LogP contribution in [-0.2, 0) is 9.47 Å². The number of benzene rings is 2. The highest BCUT2D eigenvalue weighted by Gasteiger charge is 2.53. The molecule has 0 saturated carbocycles. The Morgan fingerprint density at radius 2 is 1.78 bits per heavy atom. The lowest BCUT2D eigenvalue weighted by atomic mass is 9.92. The Kier molecular flexibility index (Phi) is 6.08. The largest absolute Gasteiger partial charge is 0.508 e. The second-order valence-corrected chi connectivity index (χ2v) is 11.3. The predicted molar refractivity (Wildman–Crippen MR) is 137 cm³/mol. The molecule has 36 heavy (non-hydrogen) atoms. The number of epoxide rings is 2.